The topological polar surface area (TPSA) is 206 Å². The minimum atomic E-state index is -1.02. The van der Waals surface area contributed by atoms with Gasteiger partial charge in [-0.25, -0.2) is 32.5 Å². The van der Waals surface area contributed by atoms with Gasteiger partial charge in [-0.05, 0) is 174 Å². The zero-order valence-corrected chi connectivity index (χ0v) is 70.4. The Morgan fingerprint density at radius 3 is 1.05 bits per heavy atom. The smallest absolute Gasteiger partial charge is 0.0134 e. The largest absolute Gasteiger partial charge is 0.0622 e. The summed E-state index contributed by atoms with van der Waals surface area (Å²) in [6, 6.07) is 82.1. The third kappa shape index (κ3) is 22.5. The normalized spacial score (nSPS) is 14.4. The van der Waals surface area contributed by atoms with Crippen molar-refractivity contribution in [2.75, 3.05) is 10.6 Å². The number of hydrogen-bond acceptors (Lipinski definition) is 14. The summed E-state index contributed by atoms with van der Waals surface area (Å²) in [5.41, 5.74) is 1.78. The summed E-state index contributed by atoms with van der Waals surface area (Å²) < 4.78 is 67.0. The van der Waals surface area contributed by atoms with E-state index in [9.17, 15) is 36.7 Å². The molecule has 5 heterocycles. The summed E-state index contributed by atoms with van der Waals surface area (Å²) in [5.74, 6) is -5.92. The number of ketones is 2. The number of Topliss-reactive ketones (excluding diaryl/α,β-unsaturated/α-hetero) is 2. The fourth-order valence-corrected chi connectivity index (χ4v) is 16.3. The van der Waals surface area contributed by atoms with Crippen molar-refractivity contribution in [3.63, 3.8) is 0 Å². The van der Waals surface area contributed by atoms with Gasteiger partial charge in [0.05, 0.1) is 41.7 Å². The molecule has 2 amide bonds. The van der Waals surface area contributed by atoms with Gasteiger partial charge in [0.2, 0.25) is 11.6 Å². The number of hydrogen-bond donors (Lipinski definition) is 2. The van der Waals surface area contributed by atoms with Crippen molar-refractivity contribution in [1.29, 1.82) is 0 Å². The van der Waals surface area contributed by atoms with Crippen molar-refractivity contribution < 1.29 is 71.7 Å². The first-order valence-electron chi connectivity index (χ1n) is 35.7. The molecule has 2 aromatic heterocycles. The zero-order chi connectivity index (χ0) is 82.6. The Hall–Kier alpha value is -10.1. The Morgan fingerprint density at radius 2 is 0.748 bits per heavy atom. The molecule has 1 fully saturated rings. The quantitative estimate of drug-likeness (QED) is 0.0593. The second-order valence-electron chi connectivity index (χ2n) is 27.8. The molecule has 590 valence electrons. The number of carbonyl (C=O) groups is 4. The number of amides is 2. The molecule has 0 spiro atoms. The predicted molar refractivity (Wildman–Crippen MR) is 453 cm³/mol. The first-order valence-corrected chi connectivity index (χ1v) is 43.2. The van der Waals surface area contributed by atoms with Gasteiger partial charge in [0.15, 0.2) is 34.3 Å². The van der Waals surface area contributed by atoms with Gasteiger partial charge in [-0.2, -0.15) is 0 Å². The number of benzene rings is 10. The third-order valence-electron chi connectivity index (χ3n) is 18.3. The van der Waals surface area contributed by atoms with E-state index in [2.05, 4.69) is 239 Å². The second kappa shape index (κ2) is 39.9. The van der Waals surface area contributed by atoms with E-state index in [-0.39, 0.29) is 44.9 Å². The summed E-state index contributed by atoms with van der Waals surface area (Å²) in [6.07, 6.45) is 5.31. The summed E-state index contributed by atoms with van der Waals surface area (Å²) in [5, 5.41) is 20.9. The van der Waals surface area contributed by atoms with Gasteiger partial charge in [0, 0.05) is 16.7 Å². The van der Waals surface area contributed by atoms with Crippen LogP contribution in [0.25, 0.3) is 11.3 Å². The molecule has 0 unspecified atom stereocenters. The molecule has 0 bridgehead atoms. The molecule has 12 aromatic rings. The fourth-order valence-electron chi connectivity index (χ4n) is 11.5. The molecule has 0 radical (unpaired) electrons. The van der Waals surface area contributed by atoms with Crippen LogP contribution >= 0.6 is 50.8 Å². The van der Waals surface area contributed by atoms with Crippen molar-refractivity contribution in [3.8, 4) is 11.3 Å². The Bertz CT molecular complexity index is 5060. The molecule has 115 heavy (non-hydrogen) atoms. The van der Waals surface area contributed by atoms with Crippen LogP contribution in [-0.4, -0.2) is 84.3 Å². The summed E-state index contributed by atoms with van der Waals surface area (Å²) >= 11 is 2.97. The maximum absolute atomic E-state index is 13.8. The molecule has 16 nitrogen and oxygen atoms in total. The van der Waals surface area contributed by atoms with Crippen molar-refractivity contribution in [1.82, 2.24) is 19.9 Å². The number of rotatable bonds is 14. The van der Waals surface area contributed by atoms with E-state index in [0.29, 0.717) is 27.1 Å². The second-order valence-corrected chi connectivity index (χ2v) is 35.4. The molecule has 10 aromatic carbocycles. The van der Waals surface area contributed by atoms with Crippen LogP contribution in [0.4, 0.5) is 29.2 Å². The van der Waals surface area contributed by atoms with Crippen molar-refractivity contribution >= 4 is 142 Å². The van der Waals surface area contributed by atoms with Crippen LogP contribution in [0.2, 0.25) is 0 Å². The van der Waals surface area contributed by atoms with Gasteiger partial charge in [0.1, 0.15) is 39.0 Å². The maximum atomic E-state index is 13.8. The van der Waals surface area contributed by atoms with Crippen molar-refractivity contribution in [2.24, 2.45) is 10.3 Å². The molecule has 15 rings (SSSR count). The molecule has 27 heteroatoms. The molecule has 0 aliphatic carbocycles. The number of aromatic nitrogens is 4. The van der Waals surface area contributed by atoms with Crippen LogP contribution in [0.5, 0.6) is 0 Å². The fraction of sp³-hybridized carbons (Fsp3) is 0.159. The van der Waals surface area contributed by atoms with Crippen molar-refractivity contribution in [2.45, 2.75) is 91.6 Å². The summed E-state index contributed by atoms with van der Waals surface area (Å²) in [4.78, 5) is 75.4. The Balaban J connectivity index is 0.000000153. The molecule has 1 saturated heterocycles. The number of anilines is 2. The van der Waals surface area contributed by atoms with E-state index < -0.39 is 91.6 Å². The molecule has 3 aliphatic rings. The van der Waals surface area contributed by atoms with E-state index in [4.69, 9.17) is 38.0 Å². The van der Waals surface area contributed by atoms with E-state index >= 15 is 0 Å². The Kier molecular flexibility index (Phi) is 30.3. The minimum absolute atomic E-state index is 0.0284. The van der Waals surface area contributed by atoms with Crippen LogP contribution < -0.4 is 47.9 Å². The van der Waals surface area contributed by atoms with Gasteiger partial charge < -0.3 is 29.6 Å². The van der Waals surface area contributed by atoms with Gasteiger partial charge >= 0.3 is 42.1 Å². The van der Waals surface area contributed by atoms with Gasteiger partial charge in [0.25, 0.3) is 11.8 Å². The van der Waals surface area contributed by atoms with Crippen LogP contribution in [-0.2, 0) is 44.5 Å². The first kappa shape index (κ1) is 87.3. The van der Waals surface area contributed by atoms with E-state index in [1.807, 2.05) is 65.8 Å². The molecule has 2 N–H and O–H groups in total. The monoisotopic (exact) mass is 1780 g/mol. The average molecular weight is 1780 g/mol. The number of oxime groups is 2. The Labute approximate surface area is 692 Å². The number of nitrogens with one attached hydrogen (secondary N) is 2. The number of aryl methyl sites for hydroxylation is 2. The van der Waals surface area contributed by atoms with E-state index in [0.717, 1.165) is 46.4 Å². The zero-order valence-electron chi connectivity index (χ0n) is 63.9. The predicted octanol–water partition coefficient (Wildman–Crippen LogP) is 17.5. The SMILES string of the molecule is Cc1ccc(C2=NOC(C)(C)C2=O)cc1-c1cnc(NC(=O)c2c(F)cccc2F)cn1.Cc1ccc(C2=NOC(C)(C)C2=O)cc1B1OC(C)(C)C(C)(C)O1.O=C(Nc1cnc(Br)cn1)c1c(F)cccc1F.[Cl][Pd][Cl].c1ccc(P(c2ccccc2)c2ccccc2)cc1.c1ccc(P(c2ccccc2)c2ccccc2)cc1. The standard InChI is InChI=1S/C23H18F2N4O3.C18H24BNO4.2C18H15P.C11H6BrF2N3O.2ClH.Pd/c1-12-7-8-13(20-21(30)23(2,3)32-29-20)9-14(12)17-10-27-18(11-26-17)28-22(31)19-15(24)5-4-6-16(19)25;1-11-8-9-12(14-15(21)16(2,3)24-20-14)10-13(11)19-22-17(4,5)18(6,7)23-19;2*1-4-10-16(11-5-1)19(17-12-6-2-7-13-17)18-14-8-3-9-15-18;12-8-4-16-9(5-15-8)17-11(18)10-6(13)2-1-3-7(10)14;;;/h4-11H,1-3H3,(H,27,28,31);8-10H,1-7H3;2*1-15H;1-5H,(H,16,17,18);2*1H;/q;;;;;;;+2/p-2. The number of halogens is 7. The summed E-state index contributed by atoms with van der Waals surface area (Å²) in [7, 11) is 8.26. The molecule has 3 aliphatic heterocycles. The van der Waals surface area contributed by atoms with Gasteiger partial charge in [-0.1, -0.05) is 240 Å². The first-order chi connectivity index (χ1) is 55.0. The number of carbonyl (C=O) groups excluding carboxylic acids is 4. The molecular weight excluding hydrogens is 1700 g/mol. The van der Waals surface area contributed by atoms with Crippen LogP contribution in [0, 0.1) is 37.1 Å². The maximum Gasteiger partial charge on any atom is -0.0134 e. The molecule has 0 saturated carbocycles. The molecule has 0 atom stereocenters. The van der Waals surface area contributed by atoms with Crippen LogP contribution in [0.15, 0.2) is 294 Å². The van der Waals surface area contributed by atoms with E-state index in [1.165, 1.54) is 68.7 Å². The van der Waals surface area contributed by atoms with Crippen molar-refractivity contribution in [3.05, 3.63) is 341 Å². The van der Waals surface area contributed by atoms with E-state index in [1.54, 1.807) is 39.8 Å². The minimum Gasteiger partial charge on any atom is -0.0622 e. The Morgan fingerprint density at radius 1 is 0.426 bits per heavy atom. The van der Waals surface area contributed by atoms with Gasteiger partial charge in [-0.15, -0.1) is 0 Å². The van der Waals surface area contributed by atoms with Gasteiger partial charge in [-0.3, -0.25) is 24.2 Å². The molecular formula is C88H78BBrCl2F4N8O8P2Pd. The van der Waals surface area contributed by atoms with Crippen LogP contribution in [0.3, 0.4) is 0 Å². The number of nitrogens with zero attached hydrogens (tertiary/aromatic N) is 6. The average Bonchev–Trinajstić information content (AvgIpc) is 1.61. The third-order valence-corrected chi connectivity index (χ3v) is 23.6. The van der Waals surface area contributed by atoms with Crippen LogP contribution in [0.1, 0.15) is 98.4 Å². The summed E-state index contributed by atoms with van der Waals surface area (Å²) in [6.45, 7) is 18.7.